The number of nitrogens with one attached hydrogen (secondary N) is 1. The van der Waals surface area contributed by atoms with E-state index < -0.39 is 0 Å². The molecule has 3 aromatic heterocycles. The molecule has 5 heterocycles. The first kappa shape index (κ1) is 18.8. The number of ether oxygens (including phenoxy) is 1. The minimum Gasteiger partial charge on any atom is -0.378 e. The number of rotatable bonds is 4. The van der Waals surface area contributed by atoms with Crippen LogP contribution >= 0.6 is 11.3 Å². The third-order valence-corrected chi connectivity index (χ3v) is 6.80. The van der Waals surface area contributed by atoms with Crippen molar-refractivity contribution >= 4 is 22.2 Å². The summed E-state index contributed by atoms with van der Waals surface area (Å²) in [4.78, 5) is 23.1. The number of aryl methyl sites for hydroxylation is 1. The van der Waals surface area contributed by atoms with Crippen molar-refractivity contribution in [2.24, 2.45) is 0 Å². The number of fused-ring (bicyclic) bond motifs is 1. The lowest BCUT2D eigenvalue weighted by Crippen LogP contribution is -2.41. The average Bonchev–Trinajstić information content (AvgIpc) is 3.47. The van der Waals surface area contributed by atoms with E-state index in [0.717, 1.165) is 54.4 Å². The molecule has 0 bridgehead atoms. The highest BCUT2D eigenvalue weighted by molar-refractivity contribution is 7.15. The largest absolute Gasteiger partial charge is 0.378 e. The minimum absolute atomic E-state index is 0.0702. The number of hydrogen-bond acceptors (Lipinski definition) is 6. The molecule has 9 heteroatoms. The van der Waals surface area contributed by atoms with Gasteiger partial charge in [0, 0.05) is 43.7 Å². The number of carbonyl (C=O) groups is 1. The fraction of sp³-hybridized carbons (Fsp3) is 0.550. The van der Waals surface area contributed by atoms with Crippen molar-refractivity contribution in [3.8, 4) is 0 Å². The summed E-state index contributed by atoms with van der Waals surface area (Å²) in [6, 6.07) is 0. The predicted octanol–water partition coefficient (Wildman–Crippen LogP) is 2.28. The number of aromatic amines is 1. The van der Waals surface area contributed by atoms with Gasteiger partial charge in [-0.05, 0) is 26.3 Å². The van der Waals surface area contributed by atoms with Crippen LogP contribution < -0.4 is 0 Å². The van der Waals surface area contributed by atoms with Gasteiger partial charge in [0.15, 0.2) is 4.96 Å². The molecule has 0 unspecified atom stereocenters. The van der Waals surface area contributed by atoms with Crippen molar-refractivity contribution in [2.75, 3.05) is 39.4 Å². The van der Waals surface area contributed by atoms with E-state index in [9.17, 15) is 4.79 Å². The normalized spacial score (nSPS) is 21.1. The number of nitrogens with zero attached hydrogens (tertiary/aromatic N) is 5. The maximum atomic E-state index is 13.0. The lowest BCUT2D eigenvalue weighted by Gasteiger charge is -2.33. The number of morpholine rings is 1. The topological polar surface area (TPSA) is 78.8 Å². The highest BCUT2D eigenvalue weighted by Gasteiger charge is 2.29. The van der Waals surface area contributed by atoms with Gasteiger partial charge in [0.05, 0.1) is 42.1 Å². The highest BCUT2D eigenvalue weighted by Crippen LogP contribution is 2.30. The molecule has 0 aromatic carbocycles. The Kier molecular flexibility index (Phi) is 5.11. The molecule has 1 amide bonds. The quantitative estimate of drug-likeness (QED) is 0.709. The molecule has 2 fully saturated rings. The van der Waals surface area contributed by atoms with Crippen molar-refractivity contribution < 1.29 is 9.53 Å². The summed E-state index contributed by atoms with van der Waals surface area (Å²) in [6.07, 6.45) is 5.98. The number of carbonyl (C=O) groups excluding carboxylic acids is 1. The lowest BCUT2D eigenvalue weighted by atomic mass is 9.92. The van der Waals surface area contributed by atoms with Crippen LogP contribution in [0.1, 0.15) is 46.2 Å². The van der Waals surface area contributed by atoms with Crippen molar-refractivity contribution in [3.05, 3.63) is 40.4 Å². The fourth-order valence-electron chi connectivity index (χ4n) is 4.49. The Morgan fingerprint density at radius 2 is 2.21 bits per heavy atom. The summed E-state index contributed by atoms with van der Waals surface area (Å²) in [6.45, 7) is 7.46. The molecule has 2 aliphatic heterocycles. The van der Waals surface area contributed by atoms with Gasteiger partial charge in [-0.3, -0.25) is 19.2 Å². The number of hydrogen-bond donors (Lipinski definition) is 1. The molecule has 154 valence electrons. The molecule has 8 nitrogen and oxygen atoms in total. The van der Waals surface area contributed by atoms with Crippen LogP contribution in [0.25, 0.3) is 4.96 Å². The average molecular weight is 415 g/mol. The van der Waals surface area contributed by atoms with Gasteiger partial charge >= 0.3 is 0 Å². The molecular weight excluding hydrogens is 388 g/mol. The molecular formula is C20H26N6O2S. The lowest BCUT2D eigenvalue weighted by molar-refractivity contribution is 0.0301. The molecule has 2 saturated heterocycles. The smallest absolute Gasteiger partial charge is 0.257 e. The summed E-state index contributed by atoms with van der Waals surface area (Å²) in [5.74, 6) is 0.359. The van der Waals surface area contributed by atoms with Gasteiger partial charge in [0.2, 0.25) is 0 Å². The van der Waals surface area contributed by atoms with Crippen LogP contribution in [0.4, 0.5) is 0 Å². The number of aromatic nitrogens is 4. The second kappa shape index (κ2) is 7.89. The van der Waals surface area contributed by atoms with Crippen molar-refractivity contribution in [3.63, 3.8) is 0 Å². The monoisotopic (exact) mass is 414 g/mol. The molecule has 0 spiro atoms. The first-order valence-corrected chi connectivity index (χ1v) is 11.1. The van der Waals surface area contributed by atoms with Gasteiger partial charge < -0.3 is 9.64 Å². The highest BCUT2D eigenvalue weighted by atomic mass is 32.1. The van der Waals surface area contributed by atoms with Crippen molar-refractivity contribution in [1.82, 2.24) is 29.4 Å². The number of imidazole rings is 1. The van der Waals surface area contributed by atoms with Crippen LogP contribution in [0.5, 0.6) is 0 Å². The molecule has 5 rings (SSSR count). The zero-order chi connectivity index (χ0) is 19.8. The van der Waals surface area contributed by atoms with E-state index >= 15 is 0 Å². The third-order valence-electron chi connectivity index (χ3n) is 6.05. The Morgan fingerprint density at radius 3 is 3.07 bits per heavy atom. The Hall–Kier alpha value is -2.23. The molecule has 3 aromatic rings. The number of piperidine rings is 1. The Bertz CT molecular complexity index is 1000. The van der Waals surface area contributed by atoms with Gasteiger partial charge in [-0.15, -0.1) is 11.3 Å². The first-order chi connectivity index (χ1) is 14.2. The number of H-pyrrole nitrogens is 1. The summed E-state index contributed by atoms with van der Waals surface area (Å²) < 4.78 is 7.58. The molecule has 0 saturated carbocycles. The van der Waals surface area contributed by atoms with Crippen LogP contribution in [0.3, 0.4) is 0 Å². The molecule has 1 N–H and O–H groups in total. The van der Waals surface area contributed by atoms with Gasteiger partial charge in [0.1, 0.15) is 0 Å². The van der Waals surface area contributed by atoms with E-state index in [0.29, 0.717) is 26.3 Å². The van der Waals surface area contributed by atoms with E-state index in [-0.39, 0.29) is 11.8 Å². The maximum Gasteiger partial charge on any atom is 0.257 e. The number of likely N-dealkylation sites (tertiary alicyclic amines) is 1. The van der Waals surface area contributed by atoms with Crippen LogP contribution in [0, 0.1) is 6.92 Å². The van der Waals surface area contributed by atoms with E-state index in [1.54, 1.807) is 17.5 Å². The zero-order valence-corrected chi connectivity index (χ0v) is 17.5. The van der Waals surface area contributed by atoms with Gasteiger partial charge in [0.25, 0.3) is 5.91 Å². The Labute approximate surface area is 173 Å². The minimum atomic E-state index is 0.0702. The summed E-state index contributed by atoms with van der Waals surface area (Å²) in [5, 5.41) is 9.45. The van der Waals surface area contributed by atoms with E-state index in [2.05, 4.69) is 43.0 Å². The van der Waals surface area contributed by atoms with Crippen LogP contribution in [0.2, 0.25) is 0 Å². The Balaban J connectivity index is 1.32. The molecule has 2 aliphatic rings. The first-order valence-electron chi connectivity index (χ1n) is 10.2. The van der Waals surface area contributed by atoms with Crippen molar-refractivity contribution in [2.45, 2.75) is 32.2 Å². The van der Waals surface area contributed by atoms with Gasteiger partial charge in [-0.25, -0.2) is 4.98 Å². The predicted molar refractivity (Wildman–Crippen MR) is 110 cm³/mol. The van der Waals surface area contributed by atoms with E-state index in [1.165, 1.54) is 5.69 Å². The molecule has 0 radical (unpaired) electrons. The summed E-state index contributed by atoms with van der Waals surface area (Å²) in [5.41, 5.74) is 4.07. The van der Waals surface area contributed by atoms with Crippen LogP contribution in [0.15, 0.2) is 17.8 Å². The van der Waals surface area contributed by atoms with E-state index in [1.807, 2.05) is 4.90 Å². The molecule has 1 atom stereocenters. The second-order valence-electron chi connectivity index (χ2n) is 7.88. The van der Waals surface area contributed by atoms with Crippen LogP contribution in [-0.2, 0) is 11.3 Å². The maximum absolute atomic E-state index is 13.0. The van der Waals surface area contributed by atoms with Gasteiger partial charge in [-0.1, -0.05) is 0 Å². The SMILES string of the molecule is Cc1nc2sccn2c1CN1CCC[C@H](c2[nH]ncc2C(=O)N2CCOCC2)C1. The second-order valence-corrected chi connectivity index (χ2v) is 8.75. The fourth-order valence-corrected chi connectivity index (χ4v) is 5.27. The molecule has 29 heavy (non-hydrogen) atoms. The summed E-state index contributed by atoms with van der Waals surface area (Å²) in [7, 11) is 0. The Morgan fingerprint density at radius 1 is 1.34 bits per heavy atom. The number of thiazole rings is 1. The van der Waals surface area contributed by atoms with E-state index in [4.69, 9.17) is 4.74 Å². The van der Waals surface area contributed by atoms with Gasteiger partial charge in [-0.2, -0.15) is 5.10 Å². The summed E-state index contributed by atoms with van der Waals surface area (Å²) >= 11 is 1.67. The number of amides is 1. The molecule has 0 aliphatic carbocycles. The standard InChI is InChI=1S/C20H26N6O2S/c1-14-17(26-7-10-29-20(26)22-14)13-24-4-2-3-15(12-24)18-16(11-21-23-18)19(27)25-5-8-28-9-6-25/h7,10-11,15H,2-6,8-9,12-13H2,1H3,(H,21,23)/t15-/m0/s1. The van der Waals surface area contributed by atoms with Crippen molar-refractivity contribution in [1.29, 1.82) is 0 Å². The van der Waals surface area contributed by atoms with Crippen LogP contribution in [-0.4, -0.2) is 74.7 Å². The zero-order valence-electron chi connectivity index (χ0n) is 16.6. The third kappa shape index (κ3) is 3.58.